The van der Waals surface area contributed by atoms with Gasteiger partial charge in [-0.1, -0.05) is 19.1 Å². The zero-order valence-corrected chi connectivity index (χ0v) is 10.3. The van der Waals surface area contributed by atoms with Gasteiger partial charge < -0.3 is 5.32 Å². The topological polar surface area (TPSA) is 12.0 Å². The molecule has 2 atom stereocenters. The van der Waals surface area contributed by atoms with E-state index < -0.39 is 0 Å². The largest absolute Gasteiger partial charge is 0.310 e. The zero-order valence-electron chi connectivity index (χ0n) is 9.49. The van der Waals surface area contributed by atoms with Gasteiger partial charge in [0, 0.05) is 10.9 Å². The molecule has 82 valence electrons. The van der Waals surface area contributed by atoms with E-state index in [9.17, 15) is 0 Å². The molecule has 1 fully saturated rings. The van der Waals surface area contributed by atoms with E-state index in [1.54, 1.807) is 11.8 Å². The summed E-state index contributed by atoms with van der Waals surface area (Å²) in [5.74, 6) is 0.858. The number of nitrogens with one attached hydrogen (secondary N) is 1. The number of hydrogen-bond donors (Lipinski definition) is 1. The molecule has 1 aliphatic rings. The summed E-state index contributed by atoms with van der Waals surface area (Å²) in [5.41, 5.74) is 1.44. The highest BCUT2D eigenvalue weighted by atomic mass is 32.2. The number of piperidine rings is 1. The summed E-state index contributed by atoms with van der Waals surface area (Å²) in [6, 6.07) is 9.55. The molecule has 2 heteroatoms. The fourth-order valence-electron chi connectivity index (χ4n) is 2.20. The summed E-state index contributed by atoms with van der Waals surface area (Å²) >= 11 is 1.80. The van der Waals surface area contributed by atoms with E-state index in [0.29, 0.717) is 6.04 Å². The fraction of sp³-hybridized carbons (Fsp3) is 0.538. The third-order valence-corrected chi connectivity index (χ3v) is 3.93. The van der Waals surface area contributed by atoms with Crippen molar-refractivity contribution in [1.29, 1.82) is 0 Å². The van der Waals surface area contributed by atoms with E-state index in [2.05, 4.69) is 42.8 Å². The quantitative estimate of drug-likeness (QED) is 0.767. The predicted molar refractivity (Wildman–Crippen MR) is 67.4 cm³/mol. The Morgan fingerprint density at radius 2 is 2.00 bits per heavy atom. The maximum Gasteiger partial charge on any atom is 0.0322 e. The van der Waals surface area contributed by atoms with Crippen molar-refractivity contribution in [3.63, 3.8) is 0 Å². The molecule has 1 nitrogen and oxygen atoms in total. The van der Waals surface area contributed by atoms with Crippen LogP contribution in [0, 0.1) is 5.92 Å². The Kier molecular flexibility index (Phi) is 3.71. The van der Waals surface area contributed by atoms with Crippen LogP contribution in [0.4, 0.5) is 0 Å². The average Bonchev–Trinajstić information content (AvgIpc) is 2.29. The number of thioether (sulfide) groups is 1. The van der Waals surface area contributed by atoms with Gasteiger partial charge in [0.25, 0.3) is 0 Å². The van der Waals surface area contributed by atoms with Crippen LogP contribution in [-0.2, 0) is 0 Å². The van der Waals surface area contributed by atoms with Crippen molar-refractivity contribution in [2.75, 3.05) is 12.8 Å². The number of rotatable bonds is 2. The van der Waals surface area contributed by atoms with Crippen molar-refractivity contribution in [2.24, 2.45) is 5.92 Å². The molecule has 1 saturated heterocycles. The van der Waals surface area contributed by atoms with E-state index in [-0.39, 0.29) is 0 Å². The van der Waals surface area contributed by atoms with Crippen LogP contribution in [0.5, 0.6) is 0 Å². The molecule has 0 bridgehead atoms. The molecular weight excluding hydrogens is 202 g/mol. The maximum atomic E-state index is 3.60. The van der Waals surface area contributed by atoms with Gasteiger partial charge >= 0.3 is 0 Å². The van der Waals surface area contributed by atoms with Crippen LogP contribution in [0.25, 0.3) is 0 Å². The predicted octanol–water partition coefficient (Wildman–Crippen LogP) is 3.47. The molecule has 0 spiro atoms. The third-order valence-electron chi connectivity index (χ3n) is 3.18. The Labute approximate surface area is 96.7 Å². The first-order valence-electron chi connectivity index (χ1n) is 5.67. The summed E-state index contributed by atoms with van der Waals surface area (Å²) in [6.45, 7) is 3.51. The lowest BCUT2D eigenvalue weighted by Gasteiger charge is -2.28. The van der Waals surface area contributed by atoms with Crippen LogP contribution in [0.1, 0.15) is 31.4 Å². The molecule has 1 aliphatic heterocycles. The van der Waals surface area contributed by atoms with Crippen molar-refractivity contribution in [2.45, 2.75) is 30.7 Å². The Bertz CT molecular complexity index is 307. The minimum Gasteiger partial charge on any atom is -0.310 e. The highest BCUT2D eigenvalue weighted by molar-refractivity contribution is 7.98. The van der Waals surface area contributed by atoms with Gasteiger partial charge in [-0.15, -0.1) is 11.8 Å². The molecule has 1 unspecified atom stereocenters. The second-order valence-electron chi connectivity index (χ2n) is 4.41. The first-order valence-corrected chi connectivity index (χ1v) is 6.89. The van der Waals surface area contributed by atoms with Crippen molar-refractivity contribution >= 4 is 11.8 Å². The molecule has 0 amide bonds. The van der Waals surface area contributed by atoms with Crippen molar-refractivity contribution in [3.05, 3.63) is 29.8 Å². The number of benzene rings is 1. The average molecular weight is 221 g/mol. The number of hydrogen-bond acceptors (Lipinski definition) is 2. The van der Waals surface area contributed by atoms with Gasteiger partial charge in [0.15, 0.2) is 0 Å². The molecule has 0 aliphatic carbocycles. The van der Waals surface area contributed by atoms with Gasteiger partial charge in [0.2, 0.25) is 0 Å². The summed E-state index contributed by atoms with van der Waals surface area (Å²) in [7, 11) is 0. The van der Waals surface area contributed by atoms with Crippen LogP contribution in [0.2, 0.25) is 0 Å². The highest BCUT2D eigenvalue weighted by Crippen LogP contribution is 2.27. The lowest BCUT2D eigenvalue weighted by Crippen LogP contribution is -2.30. The van der Waals surface area contributed by atoms with E-state index in [4.69, 9.17) is 0 Å². The molecule has 1 heterocycles. The Balaban J connectivity index is 2.07. The van der Waals surface area contributed by atoms with Crippen molar-refractivity contribution in [1.82, 2.24) is 5.32 Å². The normalized spacial score (nSPS) is 26.5. The van der Waals surface area contributed by atoms with E-state index in [1.165, 1.54) is 23.3 Å². The van der Waals surface area contributed by atoms with Crippen LogP contribution in [-0.4, -0.2) is 12.8 Å². The Morgan fingerprint density at radius 1 is 1.27 bits per heavy atom. The minimum atomic E-state index is 0.574. The molecule has 15 heavy (non-hydrogen) atoms. The van der Waals surface area contributed by atoms with Gasteiger partial charge in [-0.25, -0.2) is 0 Å². The molecule has 0 radical (unpaired) electrons. The Morgan fingerprint density at radius 3 is 2.60 bits per heavy atom. The van der Waals surface area contributed by atoms with Crippen LogP contribution >= 0.6 is 11.8 Å². The van der Waals surface area contributed by atoms with Crippen LogP contribution in [0.15, 0.2) is 29.2 Å². The van der Waals surface area contributed by atoms with Crippen LogP contribution in [0.3, 0.4) is 0 Å². The van der Waals surface area contributed by atoms with Gasteiger partial charge in [0.05, 0.1) is 0 Å². The molecule has 1 N–H and O–H groups in total. The molecule has 0 saturated carbocycles. The summed E-state index contributed by atoms with van der Waals surface area (Å²) in [6.07, 6.45) is 4.72. The van der Waals surface area contributed by atoms with E-state index in [0.717, 1.165) is 12.5 Å². The zero-order chi connectivity index (χ0) is 10.7. The molecule has 1 aromatic rings. The SMILES string of the molecule is CSc1ccc(C2C[C@H](C)CCN2)cc1. The monoisotopic (exact) mass is 221 g/mol. The second kappa shape index (κ2) is 5.04. The van der Waals surface area contributed by atoms with Gasteiger partial charge in [-0.3, -0.25) is 0 Å². The maximum absolute atomic E-state index is 3.60. The molecule has 1 aromatic carbocycles. The van der Waals surface area contributed by atoms with Crippen molar-refractivity contribution in [3.8, 4) is 0 Å². The summed E-state index contributed by atoms with van der Waals surface area (Å²) in [5, 5.41) is 3.60. The lowest BCUT2D eigenvalue weighted by molar-refractivity contribution is 0.325. The second-order valence-corrected chi connectivity index (χ2v) is 5.29. The Hall–Kier alpha value is -0.470. The summed E-state index contributed by atoms with van der Waals surface area (Å²) < 4.78 is 0. The van der Waals surface area contributed by atoms with Gasteiger partial charge in [0.1, 0.15) is 0 Å². The van der Waals surface area contributed by atoms with Gasteiger partial charge in [-0.05, 0) is 49.3 Å². The molecule has 2 rings (SSSR count). The minimum absolute atomic E-state index is 0.574. The van der Waals surface area contributed by atoms with Gasteiger partial charge in [-0.2, -0.15) is 0 Å². The summed E-state index contributed by atoms with van der Waals surface area (Å²) in [4.78, 5) is 1.35. The van der Waals surface area contributed by atoms with E-state index in [1.807, 2.05) is 0 Å². The van der Waals surface area contributed by atoms with Crippen LogP contribution < -0.4 is 5.32 Å². The molecular formula is C13H19NS. The first-order chi connectivity index (χ1) is 7.29. The first kappa shape index (κ1) is 11.0. The fourth-order valence-corrected chi connectivity index (χ4v) is 2.61. The standard InChI is InChI=1S/C13H19NS/c1-10-7-8-14-13(9-10)11-3-5-12(15-2)6-4-11/h3-6,10,13-14H,7-9H2,1-2H3/t10-,13?/m1/s1. The molecule has 0 aromatic heterocycles. The third kappa shape index (κ3) is 2.76. The smallest absolute Gasteiger partial charge is 0.0322 e. The lowest BCUT2D eigenvalue weighted by atomic mass is 9.90. The van der Waals surface area contributed by atoms with Crippen molar-refractivity contribution < 1.29 is 0 Å². The van der Waals surface area contributed by atoms with E-state index >= 15 is 0 Å². The highest BCUT2D eigenvalue weighted by Gasteiger charge is 2.19.